The summed E-state index contributed by atoms with van der Waals surface area (Å²) in [6.45, 7) is 5.85. The van der Waals surface area contributed by atoms with Crippen molar-refractivity contribution >= 4 is 34.5 Å². The van der Waals surface area contributed by atoms with Gasteiger partial charge in [0.1, 0.15) is 12.3 Å². The molecule has 0 saturated carbocycles. The maximum absolute atomic E-state index is 13.1. The number of fused-ring (bicyclic) bond motifs is 1. The first-order valence-electron chi connectivity index (χ1n) is 10.4. The highest BCUT2D eigenvalue weighted by atomic mass is 32.1. The van der Waals surface area contributed by atoms with E-state index in [2.05, 4.69) is 17.2 Å². The number of nitrogens with zero attached hydrogens (tertiary/aromatic N) is 2. The van der Waals surface area contributed by atoms with Crippen LogP contribution in [0.5, 0.6) is 5.75 Å². The summed E-state index contributed by atoms with van der Waals surface area (Å²) >= 11 is 1.57. The number of rotatable bonds is 6. The number of ether oxygens (including phenoxy) is 1. The number of anilines is 2. The Balaban J connectivity index is 1.60. The van der Waals surface area contributed by atoms with Gasteiger partial charge in [0.15, 0.2) is 6.10 Å². The van der Waals surface area contributed by atoms with E-state index < -0.39 is 6.10 Å². The highest BCUT2D eigenvalue weighted by Gasteiger charge is 2.34. The minimum atomic E-state index is -0.600. The Morgan fingerprint density at radius 3 is 2.61 bits per heavy atom. The SMILES string of the molecule is CCc1ccc(NC(=O)CN2C(=O)C(CC)Oc3ccc(-c4csc(C)n4)cc32)cc1. The Morgan fingerprint density at radius 1 is 1.19 bits per heavy atom. The van der Waals surface area contributed by atoms with E-state index in [1.165, 1.54) is 10.5 Å². The monoisotopic (exact) mass is 435 g/mol. The molecule has 0 radical (unpaired) electrons. The van der Waals surface area contributed by atoms with E-state index in [0.29, 0.717) is 23.5 Å². The Labute approximate surface area is 185 Å². The summed E-state index contributed by atoms with van der Waals surface area (Å²) in [7, 11) is 0. The number of thiazole rings is 1. The summed E-state index contributed by atoms with van der Waals surface area (Å²) in [6, 6.07) is 13.4. The summed E-state index contributed by atoms with van der Waals surface area (Å²) in [6.07, 6.45) is 0.866. The maximum atomic E-state index is 13.1. The molecule has 1 atom stereocenters. The van der Waals surface area contributed by atoms with Crippen molar-refractivity contribution in [3.05, 3.63) is 58.4 Å². The van der Waals surface area contributed by atoms with Crippen molar-refractivity contribution < 1.29 is 14.3 Å². The van der Waals surface area contributed by atoms with Gasteiger partial charge in [-0.15, -0.1) is 11.3 Å². The van der Waals surface area contributed by atoms with Crippen LogP contribution in [-0.4, -0.2) is 29.4 Å². The van der Waals surface area contributed by atoms with Crippen LogP contribution in [0.2, 0.25) is 0 Å². The van der Waals surface area contributed by atoms with Gasteiger partial charge in [-0.2, -0.15) is 0 Å². The molecule has 1 unspecified atom stereocenters. The van der Waals surface area contributed by atoms with Crippen molar-refractivity contribution in [3.63, 3.8) is 0 Å². The molecule has 7 heteroatoms. The van der Waals surface area contributed by atoms with Crippen LogP contribution >= 0.6 is 11.3 Å². The first-order chi connectivity index (χ1) is 15.0. The number of amides is 2. The third-order valence-corrected chi connectivity index (χ3v) is 6.07. The van der Waals surface area contributed by atoms with Crippen LogP contribution in [-0.2, 0) is 16.0 Å². The summed E-state index contributed by atoms with van der Waals surface area (Å²) in [4.78, 5) is 31.9. The number of hydrogen-bond donors (Lipinski definition) is 1. The van der Waals surface area contributed by atoms with E-state index in [1.54, 1.807) is 11.3 Å². The van der Waals surface area contributed by atoms with E-state index in [-0.39, 0.29) is 18.4 Å². The molecule has 4 rings (SSSR count). The van der Waals surface area contributed by atoms with Crippen LogP contribution in [0.15, 0.2) is 47.8 Å². The molecule has 160 valence electrons. The zero-order chi connectivity index (χ0) is 22.0. The first-order valence-corrected chi connectivity index (χ1v) is 11.3. The molecule has 0 saturated heterocycles. The fraction of sp³-hybridized carbons (Fsp3) is 0.292. The fourth-order valence-corrected chi connectivity index (χ4v) is 4.19. The standard InChI is InChI=1S/C24H25N3O3S/c1-4-16-6-9-18(10-7-16)26-23(28)13-27-20-12-17(19-14-31-15(3)25-19)8-11-22(20)30-21(5-2)24(27)29/h6-12,14,21H,4-5,13H2,1-3H3,(H,26,28). The number of aryl methyl sites for hydroxylation is 2. The molecular weight excluding hydrogens is 410 g/mol. The van der Waals surface area contributed by atoms with E-state index in [0.717, 1.165) is 22.7 Å². The largest absolute Gasteiger partial charge is 0.478 e. The van der Waals surface area contributed by atoms with Crippen LogP contribution < -0.4 is 15.0 Å². The van der Waals surface area contributed by atoms with Crippen molar-refractivity contribution in [2.45, 2.75) is 39.7 Å². The zero-order valence-electron chi connectivity index (χ0n) is 17.8. The average Bonchev–Trinajstić information content (AvgIpc) is 3.22. The average molecular weight is 436 g/mol. The molecule has 1 aliphatic heterocycles. The third-order valence-electron chi connectivity index (χ3n) is 5.29. The van der Waals surface area contributed by atoms with Crippen molar-refractivity contribution in [3.8, 4) is 17.0 Å². The number of aromatic nitrogens is 1. The van der Waals surface area contributed by atoms with E-state index in [1.807, 2.05) is 61.7 Å². The van der Waals surface area contributed by atoms with E-state index in [9.17, 15) is 9.59 Å². The number of carbonyl (C=O) groups excluding carboxylic acids is 2. The molecule has 2 heterocycles. The lowest BCUT2D eigenvalue weighted by Crippen LogP contribution is -2.48. The molecule has 1 aromatic heterocycles. The zero-order valence-corrected chi connectivity index (χ0v) is 18.7. The third kappa shape index (κ3) is 4.46. The van der Waals surface area contributed by atoms with Gasteiger partial charge in [0.25, 0.3) is 5.91 Å². The highest BCUT2D eigenvalue weighted by molar-refractivity contribution is 7.09. The normalized spacial score (nSPS) is 15.4. The predicted molar refractivity (Wildman–Crippen MR) is 124 cm³/mol. The summed E-state index contributed by atoms with van der Waals surface area (Å²) < 4.78 is 5.90. The topological polar surface area (TPSA) is 71.5 Å². The van der Waals surface area contributed by atoms with Gasteiger partial charge in [-0.05, 0) is 55.7 Å². The second-order valence-corrected chi connectivity index (χ2v) is 8.53. The van der Waals surface area contributed by atoms with Crippen molar-refractivity contribution in [2.24, 2.45) is 0 Å². The lowest BCUT2D eigenvalue weighted by atomic mass is 10.1. The second-order valence-electron chi connectivity index (χ2n) is 7.47. The molecular formula is C24H25N3O3S. The van der Waals surface area contributed by atoms with E-state index in [4.69, 9.17) is 4.74 Å². The van der Waals surface area contributed by atoms with Crippen LogP contribution in [0.25, 0.3) is 11.3 Å². The molecule has 6 nitrogen and oxygen atoms in total. The number of nitrogens with one attached hydrogen (secondary N) is 1. The van der Waals surface area contributed by atoms with Gasteiger partial charge < -0.3 is 10.1 Å². The summed E-state index contributed by atoms with van der Waals surface area (Å²) in [5, 5.41) is 5.84. The molecule has 31 heavy (non-hydrogen) atoms. The minimum absolute atomic E-state index is 0.0826. The smallest absolute Gasteiger partial charge is 0.268 e. The quantitative estimate of drug-likeness (QED) is 0.602. The number of carbonyl (C=O) groups is 2. The van der Waals surface area contributed by atoms with Crippen LogP contribution in [0.1, 0.15) is 30.8 Å². The first kappa shape index (κ1) is 21.1. The molecule has 1 aliphatic rings. The van der Waals surface area contributed by atoms with Gasteiger partial charge >= 0.3 is 0 Å². The second kappa shape index (κ2) is 8.89. The summed E-state index contributed by atoms with van der Waals surface area (Å²) in [5.74, 6) is 0.135. The van der Waals surface area contributed by atoms with Crippen LogP contribution in [0, 0.1) is 6.92 Å². The van der Waals surface area contributed by atoms with Gasteiger partial charge in [0.2, 0.25) is 5.91 Å². The van der Waals surface area contributed by atoms with Crippen LogP contribution in [0.4, 0.5) is 11.4 Å². The predicted octanol–water partition coefficient (Wildman–Crippen LogP) is 4.82. The lowest BCUT2D eigenvalue weighted by molar-refractivity contribution is -0.128. The number of hydrogen-bond acceptors (Lipinski definition) is 5. The molecule has 2 amide bonds. The highest BCUT2D eigenvalue weighted by Crippen LogP contribution is 2.38. The molecule has 1 N–H and O–H groups in total. The molecule has 0 aliphatic carbocycles. The van der Waals surface area contributed by atoms with E-state index >= 15 is 0 Å². The van der Waals surface area contributed by atoms with Gasteiger partial charge in [0, 0.05) is 16.6 Å². The molecule has 0 bridgehead atoms. The van der Waals surface area contributed by atoms with Crippen molar-refractivity contribution in [1.82, 2.24) is 4.98 Å². The molecule has 2 aromatic carbocycles. The van der Waals surface area contributed by atoms with Gasteiger partial charge in [-0.1, -0.05) is 26.0 Å². The van der Waals surface area contributed by atoms with Gasteiger partial charge in [-0.3, -0.25) is 14.5 Å². The minimum Gasteiger partial charge on any atom is -0.478 e. The van der Waals surface area contributed by atoms with Gasteiger partial charge in [-0.25, -0.2) is 4.98 Å². The molecule has 0 spiro atoms. The lowest BCUT2D eigenvalue weighted by Gasteiger charge is -2.34. The molecule has 0 fully saturated rings. The van der Waals surface area contributed by atoms with Crippen LogP contribution in [0.3, 0.4) is 0 Å². The Bertz CT molecular complexity index is 1110. The Kier molecular flexibility index (Phi) is 6.04. The van der Waals surface area contributed by atoms with Crippen molar-refractivity contribution in [2.75, 3.05) is 16.8 Å². The molecule has 3 aromatic rings. The number of benzene rings is 2. The Morgan fingerprint density at radius 2 is 1.97 bits per heavy atom. The van der Waals surface area contributed by atoms with Crippen molar-refractivity contribution in [1.29, 1.82) is 0 Å². The van der Waals surface area contributed by atoms with Gasteiger partial charge in [0.05, 0.1) is 16.4 Å². The maximum Gasteiger partial charge on any atom is 0.268 e. The Hall–Kier alpha value is -3.19. The fourth-order valence-electron chi connectivity index (χ4n) is 3.57. The summed E-state index contributed by atoms with van der Waals surface area (Å²) in [5.41, 5.74) is 4.23.